The first kappa shape index (κ1) is 13.1. The van der Waals surface area contributed by atoms with Gasteiger partial charge in [-0.05, 0) is 24.5 Å². The fraction of sp³-hybridized carbons (Fsp3) is 0.400. The van der Waals surface area contributed by atoms with Crippen LogP contribution in [-0.4, -0.2) is 36.2 Å². The second-order valence-electron chi connectivity index (χ2n) is 5.32. The molecule has 0 spiro atoms. The van der Waals surface area contributed by atoms with E-state index in [9.17, 15) is 4.79 Å². The third kappa shape index (κ3) is 2.42. The van der Waals surface area contributed by atoms with E-state index < -0.39 is 5.54 Å². The predicted molar refractivity (Wildman–Crippen MR) is 77.4 cm³/mol. The molecule has 3 rings (SSSR count). The van der Waals surface area contributed by atoms with E-state index in [1.165, 1.54) is 10.9 Å². The summed E-state index contributed by atoms with van der Waals surface area (Å²) in [5.74, 6) is -0.116. The summed E-state index contributed by atoms with van der Waals surface area (Å²) in [6.07, 6.45) is 3.37. The average Bonchev–Trinajstić information content (AvgIpc) is 3.07. The zero-order valence-electron chi connectivity index (χ0n) is 11.3. The molecule has 4 N–H and O–H groups in total. The molecule has 1 unspecified atom stereocenters. The zero-order valence-corrected chi connectivity index (χ0v) is 11.3. The van der Waals surface area contributed by atoms with Gasteiger partial charge in [0.05, 0.1) is 6.61 Å². The number of benzene rings is 1. The van der Waals surface area contributed by atoms with Crippen LogP contribution in [0.5, 0.6) is 0 Å². The Kier molecular flexibility index (Phi) is 3.46. The van der Waals surface area contributed by atoms with Crippen LogP contribution in [0.4, 0.5) is 0 Å². The minimum Gasteiger partial charge on any atom is -0.379 e. The standard InChI is InChI=1S/C15H19N3O2/c16-15(6-8-20-10-15)14(19)17-7-5-11-9-18-13-4-2-1-3-12(11)13/h1-4,9,18H,5-8,10,16H2,(H,17,19). The van der Waals surface area contributed by atoms with Gasteiger partial charge in [-0.2, -0.15) is 0 Å². The normalized spacial score (nSPS) is 22.2. The number of amides is 1. The molecule has 0 radical (unpaired) electrons. The summed E-state index contributed by atoms with van der Waals surface area (Å²) in [6, 6.07) is 8.14. The molecule has 2 aromatic rings. The van der Waals surface area contributed by atoms with Crippen molar-refractivity contribution in [3.63, 3.8) is 0 Å². The van der Waals surface area contributed by atoms with Crippen molar-refractivity contribution in [1.29, 1.82) is 0 Å². The number of ether oxygens (including phenoxy) is 1. The minimum absolute atomic E-state index is 0.116. The number of H-pyrrole nitrogens is 1. The van der Waals surface area contributed by atoms with Gasteiger partial charge in [-0.1, -0.05) is 18.2 Å². The van der Waals surface area contributed by atoms with Gasteiger partial charge in [0.15, 0.2) is 0 Å². The quantitative estimate of drug-likeness (QED) is 0.775. The molecule has 5 nitrogen and oxygen atoms in total. The highest BCUT2D eigenvalue weighted by atomic mass is 16.5. The first-order valence-corrected chi connectivity index (χ1v) is 6.89. The molecule has 1 aliphatic heterocycles. The van der Waals surface area contributed by atoms with E-state index >= 15 is 0 Å². The number of hydrogen-bond acceptors (Lipinski definition) is 3. The summed E-state index contributed by atoms with van der Waals surface area (Å²) in [5, 5.41) is 4.11. The maximum Gasteiger partial charge on any atom is 0.242 e. The molecule has 1 aromatic carbocycles. The molecule has 106 valence electrons. The topological polar surface area (TPSA) is 80.1 Å². The molecule has 20 heavy (non-hydrogen) atoms. The Morgan fingerprint density at radius 1 is 1.45 bits per heavy atom. The fourth-order valence-electron chi connectivity index (χ4n) is 2.59. The molecule has 2 heterocycles. The Balaban J connectivity index is 1.59. The summed E-state index contributed by atoms with van der Waals surface area (Å²) < 4.78 is 5.20. The largest absolute Gasteiger partial charge is 0.379 e. The maximum absolute atomic E-state index is 12.0. The lowest BCUT2D eigenvalue weighted by molar-refractivity contribution is -0.126. The summed E-state index contributed by atoms with van der Waals surface area (Å²) in [6.45, 7) is 1.46. The number of nitrogens with one attached hydrogen (secondary N) is 2. The Hall–Kier alpha value is -1.85. The van der Waals surface area contributed by atoms with Crippen molar-refractivity contribution >= 4 is 16.8 Å². The van der Waals surface area contributed by atoms with Crippen molar-refractivity contribution in [2.24, 2.45) is 5.73 Å². The zero-order chi connectivity index (χ0) is 14.0. The lowest BCUT2D eigenvalue weighted by atomic mass is 9.99. The van der Waals surface area contributed by atoms with Crippen LogP contribution < -0.4 is 11.1 Å². The van der Waals surface area contributed by atoms with Crippen LogP contribution in [0.15, 0.2) is 30.5 Å². The third-order valence-electron chi connectivity index (χ3n) is 3.86. The van der Waals surface area contributed by atoms with Crippen molar-refractivity contribution in [1.82, 2.24) is 10.3 Å². The molecule has 5 heteroatoms. The second-order valence-corrected chi connectivity index (χ2v) is 5.32. The first-order chi connectivity index (χ1) is 9.69. The molecule has 0 aliphatic carbocycles. The maximum atomic E-state index is 12.0. The number of aromatic amines is 1. The van der Waals surface area contributed by atoms with Gasteiger partial charge in [-0.25, -0.2) is 0 Å². The Labute approximate surface area is 117 Å². The molecule has 1 aromatic heterocycles. The molecular formula is C15H19N3O2. The lowest BCUT2D eigenvalue weighted by Crippen LogP contribution is -2.54. The highest BCUT2D eigenvalue weighted by molar-refractivity contribution is 5.87. The van der Waals surface area contributed by atoms with E-state index in [4.69, 9.17) is 10.5 Å². The second kappa shape index (κ2) is 5.26. The number of carbonyl (C=O) groups is 1. The molecule has 0 bridgehead atoms. The molecule has 1 saturated heterocycles. The number of carbonyl (C=O) groups excluding carboxylic acids is 1. The van der Waals surface area contributed by atoms with Crippen LogP contribution in [0.25, 0.3) is 10.9 Å². The van der Waals surface area contributed by atoms with E-state index in [0.717, 1.165) is 11.9 Å². The van der Waals surface area contributed by atoms with E-state index in [0.29, 0.717) is 26.2 Å². The van der Waals surface area contributed by atoms with Gasteiger partial charge in [-0.3, -0.25) is 4.79 Å². The van der Waals surface area contributed by atoms with Crippen molar-refractivity contribution in [3.05, 3.63) is 36.0 Å². The number of para-hydroxylation sites is 1. The third-order valence-corrected chi connectivity index (χ3v) is 3.86. The molecule has 1 amide bonds. The van der Waals surface area contributed by atoms with Crippen LogP contribution >= 0.6 is 0 Å². The predicted octanol–water partition coefficient (Wildman–Crippen LogP) is 0.944. The minimum atomic E-state index is -0.847. The number of aromatic nitrogens is 1. The van der Waals surface area contributed by atoms with Gasteiger partial charge < -0.3 is 20.8 Å². The van der Waals surface area contributed by atoms with Gasteiger partial charge in [0.1, 0.15) is 5.54 Å². The molecular weight excluding hydrogens is 254 g/mol. The Morgan fingerprint density at radius 2 is 2.30 bits per heavy atom. The lowest BCUT2D eigenvalue weighted by Gasteiger charge is -2.20. The smallest absolute Gasteiger partial charge is 0.242 e. The fourth-order valence-corrected chi connectivity index (χ4v) is 2.59. The summed E-state index contributed by atoms with van der Waals surface area (Å²) in [5.41, 5.74) is 7.48. The molecule has 1 atom stereocenters. The average molecular weight is 273 g/mol. The van der Waals surface area contributed by atoms with Gasteiger partial charge in [-0.15, -0.1) is 0 Å². The summed E-state index contributed by atoms with van der Waals surface area (Å²) in [4.78, 5) is 15.3. The van der Waals surface area contributed by atoms with Crippen LogP contribution in [0, 0.1) is 0 Å². The molecule has 1 fully saturated rings. The molecule has 0 saturated carbocycles. The van der Waals surface area contributed by atoms with E-state index in [-0.39, 0.29) is 5.91 Å². The number of fused-ring (bicyclic) bond motifs is 1. The summed E-state index contributed by atoms with van der Waals surface area (Å²) in [7, 11) is 0. The monoisotopic (exact) mass is 273 g/mol. The highest BCUT2D eigenvalue weighted by Gasteiger charge is 2.37. The van der Waals surface area contributed by atoms with Gasteiger partial charge >= 0.3 is 0 Å². The molecule has 1 aliphatic rings. The summed E-state index contributed by atoms with van der Waals surface area (Å²) >= 11 is 0. The van der Waals surface area contributed by atoms with Crippen LogP contribution in [0.3, 0.4) is 0 Å². The Bertz CT molecular complexity index is 614. The first-order valence-electron chi connectivity index (χ1n) is 6.89. The van der Waals surface area contributed by atoms with E-state index in [2.05, 4.69) is 16.4 Å². The van der Waals surface area contributed by atoms with E-state index in [1.54, 1.807) is 0 Å². The van der Waals surface area contributed by atoms with Crippen molar-refractivity contribution in [2.45, 2.75) is 18.4 Å². The number of hydrogen-bond donors (Lipinski definition) is 3. The van der Waals surface area contributed by atoms with Gasteiger partial charge in [0, 0.05) is 30.3 Å². The Morgan fingerprint density at radius 3 is 3.10 bits per heavy atom. The van der Waals surface area contributed by atoms with Crippen LogP contribution in [0.1, 0.15) is 12.0 Å². The van der Waals surface area contributed by atoms with Crippen LogP contribution in [0.2, 0.25) is 0 Å². The number of rotatable bonds is 4. The van der Waals surface area contributed by atoms with Crippen molar-refractivity contribution in [2.75, 3.05) is 19.8 Å². The number of nitrogens with two attached hydrogens (primary N) is 1. The van der Waals surface area contributed by atoms with Gasteiger partial charge in [0.25, 0.3) is 0 Å². The highest BCUT2D eigenvalue weighted by Crippen LogP contribution is 2.18. The van der Waals surface area contributed by atoms with E-state index in [1.807, 2.05) is 24.4 Å². The van der Waals surface area contributed by atoms with Crippen molar-refractivity contribution < 1.29 is 9.53 Å². The SMILES string of the molecule is NC1(C(=O)NCCc2c[nH]c3ccccc23)CCOC1. The van der Waals surface area contributed by atoms with Crippen LogP contribution in [-0.2, 0) is 16.0 Å². The van der Waals surface area contributed by atoms with Crippen molar-refractivity contribution in [3.8, 4) is 0 Å². The van der Waals surface area contributed by atoms with Gasteiger partial charge in [0.2, 0.25) is 5.91 Å².